The highest BCUT2D eigenvalue weighted by atomic mass is 19.1. The van der Waals surface area contributed by atoms with E-state index in [-0.39, 0.29) is 87.9 Å². The Bertz CT molecular complexity index is 2610. The maximum atomic E-state index is 17.7. The Hall–Kier alpha value is -5.83. The van der Waals surface area contributed by atoms with Crippen LogP contribution in [-0.4, -0.2) is 160 Å². The number of carbonyl (C=O) groups is 7. The van der Waals surface area contributed by atoms with Crippen LogP contribution >= 0.6 is 0 Å². The minimum Gasteiger partial charge on any atom is -0.486 e. The lowest BCUT2D eigenvalue weighted by molar-refractivity contribution is -0.223. The van der Waals surface area contributed by atoms with Gasteiger partial charge in [-0.05, 0) is 129 Å². The van der Waals surface area contributed by atoms with Crippen molar-refractivity contribution in [2.45, 2.75) is 135 Å². The fraction of sp³-hybridized carbons (Fsp3) is 0.694. The van der Waals surface area contributed by atoms with E-state index in [9.17, 15) is 43.8 Å². The van der Waals surface area contributed by atoms with Gasteiger partial charge in [-0.25, -0.2) is 18.4 Å². The molecule has 464 valence electrons. The van der Waals surface area contributed by atoms with Crippen molar-refractivity contribution < 1.29 is 81.0 Å². The highest BCUT2D eigenvalue weighted by molar-refractivity contribution is 6.01. The van der Waals surface area contributed by atoms with Gasteiger partial charge in [-0.3, -0.25) is 24.0 Å². The van der Waals surface area contributed by atoms with Crippen molar-refractivity contribution in [3.8, 4) is 17.6 Å². The number of alkyl halides is 2. The Morgan fingerprint density at radius 2 is 1.49 bits per heavy atom. The number of rotatable bonds is 32. The molecule has 4 fully saturated rings. The summed E-state index contributed by atoms with van der Waals surface area (Å²) in [4.78, 5) is 90.5. The van der Waals surface area contributed by atoms with Crippen molar-refractivity contribution in [1.82, 2.24) is 16.0 Å². The number of ketones is 3. The van der Waals surface area contributed by atoms with Gasteiger partial charge in [0.1, 0.15) is 24.1 Å². The molecule has 1 aromatic carbocycles. The first-order chi connectivity index (χ1) is 40.0. The fourth-order valence-corrected chi connectivity index (χ4v) is 14.0. The van der Waals surface area contributed by atoms with E-state index in [1.807, 2.05) is 0 Å². The Balaban J connectivity index is 0.788. The van der Waals surface area contributed by atoms with Crippen LogP contribution in [0, 0.1) is 70.0 Å². The molecular weight excluding hydrogens is 1090 g/mol. The molecule has 5 amide bonds. The minimum atomic E-state index is -2.37. The van der Waals surface area contributed by atoms with E-state index in [2.05, 4.69) is 33.1 Å². The second-order valence-corrected chi connectivity index (χ2v) is 24.2. The number of halogens is 2. The molecule has 0 radical (unpaired) electrons. The number of anilines is 1. The Kier molecular flexibility index (Phi) is 23.1. The zero-order chi connectivity index (χ0) is 60.8. The number of Topliss-reactive ketones (excluding diaryl/α,β-unsaturated/α-hetero) is 2. The third kappa shape index (κ3) is 15.4. The summed E-state index contributed by atoms with van der Waals surface area (Å²) in [7, 11) is 0. The average Bonchev–Trinajstić information content (AvgIpc) is 1.26. The highest BCUT2D eigenvalue weighted by Gasteiger charge is 2.76. The molecule has 20 nitrogen and oxygen atoms in total. The number of hydrogen-bond donors (Lipinski definition) is 7. The number of carbonyl (C=O) groups excluding carboxylic acids is 7. The summed E-state index contributed by atoms with van der Waals surface area (Å²) in [6.07, 6.45) is 3.67. The molecule has 0 spiro atoms. The lowest BCUT2D eigenvalue weighted by atomic mass is 9.44. The van der Waals surface area contributed by atoms with Gasteiger partial charge >= 0.3 is 12.1 Å². The molecule has 13 atom stereocenters. The van der Waals surface area contributed by atoms with Gasteiger partial charge in [0.2, 0.25) is 17.6 Å². The van der Waals surface area contributed by atoms with Crippen LogP contribution in [0.3, 0.4) is 0 Å². The number of nitrogens with one attached hydrogen (secondary N) is 4. The van der Waals surface area contributed by atoms with E-state index in [0.717, 1.165) is 31.8 Å². The van der Waals surface area contributed by atoms with Gasteiger partial charge in [0.05, 0.1) is 71.6 Å². The summed E-state index contributed by atoms with van der Waals surface area (Å²) >= 11 is 0. The van der Waals surface area contributed by atoms with Crippen LogP contribution < -0.4 is 31.7 Å². The number of hydrogen-bond acceptors (Lipinski definition) is 15. The number of nitrogens with two attached hydrogens (primary N) is 1. The standard InChI is InChI=1S/C62H87F2N5O15/c1-38(2)55(69-54(74)19-23-79-25-27-81-29-30-82-28-26-80-24-22-67-58(77)84-36-46-44-12-8-6-7-9-13-45(44)46)51(71)32-40(11-10-21-66-57(65)76)56(75)68-41-14-16-43(17-15-41)83-37-53(73)62(78)39(3)31-47-48-34-50(63)49-33-42(70)18-20-59(49,4)61(48,64)52(72)35-60(47,62)5/h14-18,20,33,38-40,44-48,50,52,55,72,78H,8-13,19,21-32,34-37H2,1-5H3,(H,67,77)(H,68,75)(H,69,74)(H3,65,66,76)/t39-,40-,44?,45?,46?,47+,48+,50+,52+,55+,59+,60+,61+,62+/m1/s1. The lowest BCUT2D eigenvalue weighted by Gasteiger charge is -2.63. The van der Waals surface area contributed by atoms with Gasteiger partial charge in [0, 0.05) is 67.1 Å². The molecule has 0 saturated heterocycles. The maximum Gasteiger partial charge on any atom is 0.407 e. The molecule has 0 aliphatic heterocycles. The first-order valence-corrected chi connectivity index (χ1v) is 29.8. The number of urea groups is 1. The van der Waals surface area contributed by atoms with Crippen molar-refractivity contribution in [1.29, 1.82) is 0 Å². The molecule has 6 aliphatic rings. The van der Waals surface area contributed by atoms with E-state index < -0.39 is 106 Å². The predicted octanol–water partition coefficient (Wildman–Crippen LogP) is 5.66. The molecule has 0 heterocycles. The fourth-order valence-electron chi connectivity index (χ4n) is 14.0. The number of allylic oxidation sites excluding steroid dienone is 4. The summed E-state index contributed by atoms with van der Waals surface area (Å²) in [5.41, 5.74) is -1.83. The van der Waals surface area contributed by atoms with E-state index >= 15 is 8.78 Å². The smallest absolute Gasteiger partial charge is 0.407 e. The number of aliphatic hydroxyl groups excluding tert-OH is 1. The Morgan fingerprint density at radius 3 is 2.12 bits per heavy atom. The summed E-state index contributed by atoms with van der Waals surface area (Å²) in [6.45, 7) is 11.0. The average molecular weight is 1180 g/mol. The van der Waals surface area contributed by atoms with Gasteiger partial charge in [0.25, 0.3) is 0 Å². The number of primary amides is 1. The number of amides is 5. The van der Waals surface area contributed by atoms with Crippen molar-refractivity contribution in [3.05, 3.63) is 48.1 Å². The first-order valence-electron chi connectivity index (χ1n) is 29.8. The molecule has 8 N–H and O–H groups in total. The number of benzene rings is 1. The highest BCUT2D eigenvalue weighted by Crippen LogP contribution is 2.71. The molecule has 2 unspecified atom stereocenters. The molecule has 84 heavy (non-hydrogen) atoms. The van der Waals surface area contributed by atoms with Crippen LogP contribution in [0.5, 0.6) is 5.75 Å². The quantitative estimate of drug-likeness (QED) is 0.0339. The van der Waals surface area contributed by atoms with Crippen molar-refractivity contribution in [3.63, 3.8) is 0 Å². The summed E-state index contributed by atoms with van der Waals surface area (Å²) in [5, 5.41) is 34.9. The molecule has 7 rings (SSSR count). The number of alkyl carbamates (subject to hydrolysis) is 1. The monoisotopic (exact) mass is 1180 g/mol. The Labute approximate surface area is 491 Å². The van der Waals surface area contributed by atoms with Crippen LogP contribution in [0.2, 0.25) is 0 Å². The van der Waals surface area contributed by atoms with Crippen LogP contribution in [0.15, 0.2) is 48.1 Å². The van der Waals surface area contributed by atoms with Crippen LogP contribution in [0.25, 0.3) is 0 Å². The Morgan fingerprint density at radius 1 is 0.857 bits per heavy atom. The number of aliphatic hydroxyl groups is 2. The van der Waals surface area contributed by atoms with Crippen molar-refractivity contribution in [2.75, 3.05) is 84.5 Å². The summed E-state index contributed by atoms with van der Waals surface area (Å²) in [5.74, 6) is 2.16. The topological polar surface area (TPSA) is 289 Å². The molecule has 0 bridgehead atoms. The zero-order valence-electron chi connectivity index (χ0n) is 49.2. The van der Waals surface area contributed by atoms with E-state index in [4.69, 9.17) is 34.2 Å². The van der Waals surface area contributed by atoms with Crippen molar-refractivity contribution >= 4 is 47.0 Å². The first kappa shape index (κ1) is 65.7. The van der Waals surface area contributed by atoms with E-state index in [0.29, 0.717) is 76.0 Å². The predicted molar refractivity (Wildman–Crippen MR) is 304 cm³/mol. The van der Waals surface area contributed by atoms with Gasteiger partial charge in [0.15, 0.2) is 17.2 Å². The summed E-state index contributed by atoms with van der Waals surface area (Å²) in [6, 6.07) is 4.41. The minimum absolute atomic E-state index is 0.0151. The zero-order valence-corrected chi connectivity index (χ0v) is 49.2. The third-order valence-electron chi connectivity index (χ3n) is 18.7. The van der Waals surface area contributed by atoms with Crippen LogP contribution in [-0.2, 0) is 47.7 Å². The molecule has 1 aromatic rings. The second kappa shape index (κ2) is 29.5. The second-order valence-electron chi connectivity index (χ2n) is 24.2. The van der Waals surface area contributed by atoms with Crippen LogP contribution in [0.4, 0.5) is 24.1 Å². The van der Waals surface area contributed by atoms with Gasteiger partial charge in [-0.1, -0.05) is 33.8 Å². The number of ether oxygens (including phenoxy) is 6. The molecule has 6 aliphatic carbocycles. The molecular formula is C62H87F2N5O15. The van der Waals surface area contributed by atoms with Gasteiger partial charge < -0.3 is 65.6 Å². The van der Waals surface area contributed by atoms with Crippen molar-refractivity contribution in [2.24, 2.45) is 63.9 Å². The molecule has 0 aromatic heterocycles. The van der Waals surface area contributed by atoms with Crippen LogP contribution in [0.1, 0.15) is 105 Å². The summed E-state index contributed by atoms with van der Waals surface area (Å²) < 4.78 is 67.0. The number of fused-ring (bicyclic) bond motifs is 6. The third-order valence-corrected chi connectivity index (χ3v) is 18.7. The largest absolute Gasteiger partial charge is 0.486 e. The van der Waals surface area contributed by atoms with Gasteiger partial charge in [-0.2, -0.15) is 0 Å². The lowest BCUT2D eigenvalue weighted by Crippen LogP contribution is -2.70. The SMILES string of the molecule is CC(C)[C@H](NC(=O)CCOCCOCCOCCOCCNC(=O)OCC1C2CCC#CCCC21)C(=O)C[C@@H](CCCNC(N)=O)C(=O)Nc1ccc(OCC(=O)[C@@]2(O)[C@H](C)C[C@H]3[C@@H]4C[C@H](F)C5=CC(=O)C=C[C@]5(C)[C@@]4(F)[C@@H](O)C[C@@]32C)cc1. The molecule has 4 saturated carbocycles. The normalized spacial score (nSPS) is 30.7. The van der Waals surface area contributed by atoms with E-state index in [1.54, 1.807) is 27.7 Å². The van der Waals surface area contributed by atoms with E-state index in [1.165, 1.54) is 43.3 Å². The molecule has 22 heteroatoms. The maximum absolute atomic E-state index is 17.7. The van der Waals surface area contributed by atoms with Gasteiger partial charge in [-0.15, -0.1) is 11.8 Å².